The van der Waals surface area contributed by atoms with Crippen molar-refractivity contribution >= 4 is 21.8 Å². The van der Waals surface area contributed by atoms with Gasteiger partial charge in [0.25, 0.3) is 0 Å². The van der Waals surface area contributed by atoms with E-state index in [9.17, 15) is 23.1 Å². The number of ether oxygens (including phenoxy) is 1. The van der Waals surface area contributed by atoms with E-state index in [4.69, 9.17) is 0 Å². The van der Waals surface area contributed by atoms with Crippen LogP contribution in [0.3, 0.4) is 0 Å². The maximum absolute atomic E-state index is 11.6. The predicted octanol–water partition coefficient (Wildman–Crippen LogP) is 2.43. The van der Waals surface area contributed by atoms with Gasteiger partial charge in [0, 0.05) is 18.0 Å². The molecule has 0 aliphatic heterocycles. The lowest BCUT2D eigenvalue weighted by Gasteiger charge is -2.03. The highest BCUT2D eigenvalue weighted by molar-refractivity contribution is 7.90. The van der Waals surface area contributed by atoms with Crippen LogP contribution in [0.2, 0.25) is 0 Å². The molecule has 3 rings (SSSR count). The standard InChI is InChI=1S/C19H16N2O6S/c1-27-19(24)13-3-7-14(8-4-13)21-11-16(18(22)23)17(20-21)12-5-9-15(10-6-12)28(2,25)26/h3-11H,1-2H3,(H,22,23). The van der Waals surface area contributed by atoms with Crippen molar-refractivity contribution in [3.63, 3.8) is 0 Å². The van der Waals surface area contributed by atoms with Crippen LogP contribution in [0.25, 0.3) is 16.9 Å². The third-order valence-corrected chi connectivity index (χ3v) is 5.18. The highest BCUT2D eigenvalue weighted by atomic mass is 32.2. The molecule has 3 aromatic rings. The average Bonchev–Trinajstić information content (AvgIpc) is 3.13. The van der Waals surface area contributed by atoms with Crippen LogP contribution in [0.4, 0.5) is 0 Å². The van der Waals surface area contributed by atoms with Gasteiger partial charge >= 0.3 is 11.9 Å². The number of rotatable bonds is 5. The van der Waals surface area contributed by atoms with E-state index in [2.05, 4.69) is 9.84 Å². The molecule has 8 nitrogen and oxygen atoms in total. The lowest BCUT2D eigenvalue weighted by atomic mass is 10.1. The molecule has 0 spiro atoms. The van der Waals surface area contributed by atoms with Crippen molar-refractivity contribution in [1.82, 2.24) is 9.78 Å². The summed E-state index contributed by atoms with van der Waals surface area (Å²) in [6.45, 7) is 0. The van der Waals surface area contributed by atoms with Gasteiger partial charge in [-0.2, -0.15) is 5.10 Å². The molecule has 9 heteroatoms. The van der Waals surface area contributed by atoms with E-state index < -0.39 is 21.8 Å². The molecule has 2 aromatic carbocycles. The molecule has 1 heterocycles. The second-order valence-electron chi connectivity index (χ2n) is 5.98. The fraction of sp³-hybridized carbons (Fsp3) is 0.105. The van der Waals surface area contributed by atoms with Gasteiger partial charge < -0.3 is 9.84 Å². The average molecular weight is 400 g/mol. The highest BCUT2D eigenvalue weighted by Gasteiger charge is 2.19. The van der Waals surface area contributed by atoms with Gasteiger partial charge in [-0.1, -0.05) is 12.1 Å². The third kappa shape index (κ3) is 3.79. The van der Waals surface area contributed by atoms with Crippen LogP contribution < -0.4 is 0 Å². The van der Waals surface area contributed by atoms with Crippen LogP contribution in [0, 0.1) is 0 Å². The third-order valence-electron chi connectivity index (χ3n) is 4.05. The molecule has 1 aromatic heterocycles. The first-order chi connectivity index (χ1) is 13.2. The van der Waals surface area contributed by atoms with E-state index in [1.807, 2.05) is 0 Å². The number of aromatic carboxylic acids is 1. The number of carboxylic acids is 1. The van der Waals surface area contributed by atoms with Crippen molar-refractivity contribution in [2.24, 2.45) is 0 Å². The number of nitrogens with zero attached hydrogens (tertiary/aromatic N) is 2. The monoisotopic (exact) mass is 400 g/mol. The number of esters is 1. The second kappa shape index (κ2) is 7.28. The van der Waals surface area contributed by atoms with Crippen molar-refractivity contribution in [2.75, 3.05) is 13.4 Å². The number of hydrogen-bond acceptors (Lipinski definition) is 6. The van der Waals surface area contributed by atoms with Crippen molar-refractivity contribution in [2.45, 2.75) is 4.90 Å². The summed E-state index contributed by atoms with van der Waals surface area (Å²) in [5.41, 5.74) is 1.53. The Balaban J connectivity index is 2.03. The Morgan fingerprint density at radius 1 is 1.04 bits per heavy atom. The summed E-state index contributed by atoms with van der Waals surface area (Å²) in [7, 11) is -2.08. The SMILES string of the molecule is COC(=O)c1ccc(-n2cc(C(=O)O)c(-c3ccc(S(C)(=O)=O)cc3)n2)cc1. The van der Waals surface area contributed by atoms with E-state index in [-0.39, 0.29) is 16.2 Å². The number of carbonyl (C=O) groups excluding carboxylic acids is 1. The van der Waals surface area contributed by atoms with Gasteiger partial charge in [0.1, 0.15) is 11.3 Å². The molecular formula is C19H16N2O6S. The zero-order valence-electron chi connectivity index (χ0n) is 15.0. The molecule has 0 atom stereocenters. The summed E-state index contributed by atoms with van der Waals surface area (Å²) in [6.07, 6.45) is 2.45. The molecule has 0 aliphatic rings. The van der Waals surface area contributed by atoms with Crippen molar-refractivity contribution in [1.29, 1.82) is 0 Å². The highest BCUT2D eigenvalue weighted by Crippen LogP contribution is 2.25. The maximum Gasteiger partial charge on any atom is 0.339 e. The fourth-order valence-corrected chi connectivity index (χ4v) is 3.23. The zero-order chi connectivity index (χ0) is 20.5. The minimum Gasteiger partial charge on any atom is -0.478 e. The van der Waals surface area contributed by atoms with Crippen LogP contribution >= 0.6 is 0 Å². The van der Waals surface area contributed by atoms with Crippen molar-refractivity contribution in [3.8, 4) is 16.9 Å². The minimum atomic E-state index is -3.36. The molecule has 144 valence electrons. The quantitative estimate of drug-likeness (QED) is 0.654. The minimum absolute atomic E-state index is 0.0378. The van der Waals surface area contributed by atoms with Gasteiger partial charge in [0.15, 0.2) is 9.84 Å². The van der Waals surface area contributed by atoms with Gasteiger partial charge in [-0.15, -0.1) is 0 Å². The fourth-order valence-electron chi connectivity index (χ4n) is 2.60. The number of sulfone groups is 1. The smallest absolute Gasteiger partial charge is 0.339 e. The Morgan fingerprint density at radius 2 is 1.64 bits per heavy atom. The van der Waals surface area contributed by atoms with Gasteiger partial charge in [-0.3, -0.25) is 0 Å². The van der Waals surface area contributed by atoms with Gasteiger partial charge in [0.2, 0.25) is 0 Å². The summed E-state index contributed by atoms with van der Waals surface area (Å²) in [4.78, 5) is 23.3. The molecule has 1 N–H and O–H groups in total. The summed E-state index contributed by atoms with van der Waals surface area (Å²) < 4.78 is 29.2. The first-order valence-corrected chi connectivity index (χ1v) is 9.92. The summed E-state index contributed by atoms with van der Waals surface area (Å²) in [6, 6.07) is 12.1. The topological polar surface area (TPSA) is 116 Å². The number of benzene rings is 2. The molecule has 0 saturated heterocycles. The molecule has 0 radical (unpaired) electrons. The van der Waals surface area contributed by atoms with Crippen LogP contribution in [-0.2, 0) is 14.6 Å². The van der Waals surface area contributed by atoms with Crippen LogP contribution in [0.15, 0.2) is 59.6 Å². The van der Waals surface area contributed by atoms with Crippen LogP contribution in [0.1, 0.15) is 20.7 Å². The molecule has 0 aliphatic carbocycles. The summed E-state index contributed by atoms with van der Waals surface area (Å²) in [5.74, 6) is -1.65. The van der Waals surface area contributed by atoms with E-state index in [1.165, 1.54) is 42.3 Å². The van der Waals surface area contributed by atoms with Crippen molar-refractivity contribution in [3.05, 3.63) is 65.9 Å². The molecular weight excluding hydrogens is 384 g/mol. The second-order valence-corrected chi connectivity index (χ2v) is 7.99. The molecule has 0 bridgehead atoms. The molecule has 0 saturated carbocycles. The number of carbonyl (C=O) groups is 2. The summed E-state index contributed by atoms with van der Waals surface area (Å²) in [5, 5.41) is 13.8. The number of methoxy groups -OCH3 is 1. The van der Waals surface area contributed by atoms with Crippen molar-refractivity contribution < 1.29 is 27.9 Å². The molecule has 0 amide bonds. The Morgan fingerprint density at radius 3 is 2.14 bits per heavy atom. The van der Waals surface area contributed by atoms with E-state index in [1.54, 1.807) is 24.3 Å². The van der Waals surface area contributed by atoms with Gasteiger partial charge in [-0.25, -0.2) is 22.7 Å². The van der Waals surface area contributed by atoms with E-state index >= 15 is 0 Å². The Bertz CT molecular complexity index is 1150. The number of carboxylic acid groups (broad SMARTS) is 1. The number of hydrogen-bond donors (Lipinski definition) is 1. The molecule has 0 unspecified atom stereocenters. The number of aromatic nitrogens is 2. The van der Waals surface area contributed by atoms with Gasteiger partial charge in [-0.05, 0) is 36.4 Å². The first kappa shape index (κ1) is 19.3. The van der Waals surface area contributed by atoms with Gasteiger partial charge in [0.05, 0.1) is 23.3 Å². The summed E-state index contributed by atoms with van der Waals surface area (Å²) >= 11 is 0. The lowest BCUT2D eigenvalue weighted by Crippen LogP contribution is -2.02. The molecule has 0 fully saturated rings. The van der Waals surface area contributed by atoms with Crippen LogP contribution in [0.5, 0.6) is 0 Å². The Hall–Kier alpha value is -3.46. The van der Waals surface area contributed by atoms with E-state index in [0.717, 1.165) is 6.26 Å². The maximum atomic E-state index is 11.6. The normalized spacial score (nSPS) is 11.2. The lowest BCUT2D eigenvalue weighted by molar-refractivity contribution is 0.0600. The molecule has 28 heavy (non-hydrogen) atoms. The zero-order valence-corrected chi connectivity index (χ0v) is 15.8. The van der Waals surface area contributed by atoms with E-state index in [0.29, 0.717) is 16.8 Å². The van der Waals surface area contributed by atoms with Crippen LogP contribution in [-0.4, -0.2) is 48.6 Å². The Labute approximate surface area is 160 Å². The predicted molar refractivity (Wildman–Crippen MR) is 100 cm³/mol. The Kier molecular flexibility index (Phi) is 5.02. The largest absolute Gasteiger partial charge is 0.478 e. The first-order valence-electron chi connectivity index (χ1n) is 8.03.